The van der Waals surface area contributed by atoms with E-state index in [1.807, 2.05) is 42.5 Å². The van der Waals surface area contributed by atoms with Gasteiger partial charge in [0.2, 0.25) is 0 Å². The topological polar surface area (TPSA) is 94.3 Å². The molecule has 0 spiro atoms. The van der Waals surface area contributed by atoms with Gasteiger partial charge < -0.3 is 4.98 Å². The van der Waals surface area contributed by atoms with Gasteiger partial charge in [-0.25, -0.2) is 19.4 Å². The molecular weight excluding hydrogens is 390 g/mol. The first kappa shape index (κ1) is 18.9. The minimum absolute atomic E-state index is 0.209. The van der Waals surface area contributed by atoms with Crippen LogP contribution in [0.4, 0.5) is 0 Å². The van der Waals surface area contributed by atoms with Gasteiger partial charge in [-0.3, -0.25) is 4.57 Å². The molecule has 8 heteroatoms. The van der Waals surface area contributed by atoms with Crippen LogP contribution in [0.25, 0.3) is 28.2 Å². The fourth-order valence-corrected chi connectivity index (χ4v) is 3.71. The van der Waals surface area contributed by atoms with E-state index in [-0.39, 0.29) is 5.69 Å². The van der Waals surface area contributed by atoms with E-state index in [1.54, 1.807) is 27.8 Å². The van der Waals surface area contributed by atoms with E-state index in [1.165, 1.54) is 5.56 Å². The lowest BCUT2D eigenvalue weighted by atomic mass is 9.97. The molecule has 5 aromatic rings. The molecule has 0 bridgehead atoms. The molecule has 0 aliphatic carbocycles. The number of hydrogen-bond donors (Lipinski definition) is 1. The molecular formula is C23H21N7O. The molecule has 0 saturated carbocycles. The van der Waals surface area contributed by atoms with Crippen molar-refractivity contribution in [3.63, 3.8) is 0 Å². The van der Waals surface area contributed by atoms with Crippen LogP contribution in [0.1, 0.15) is 30.9 Å². The highest BCUT2D eigenvalue weighted by atomic mass is 16.1. The molecule has 1 N–H and O–H groups in total. The van der Waals surface area contributed by atoms with Crippen molar-refractivity contribution in [1.29, 1.82) is 0 Å². The van der Waals surface area contributed by atoms with Gasteiger partial charge in [0.1, 0.15) is 5.52 Å². The van der Waals surface area contributed by atoms with Gasteiger partial charge in [0, 0.05) is 5.56 Å². The molecule has 8 nitrogen and oxygen atoms in total. The highest BCUT2D eigenvalue weighted by Crippen LogP contribution is 2.27. The Morgan fingerprint density at radius 3 is 2.61 bits per heavy atom. The zero-order valence-electron chi connectivity index (χ0n) is 17.2. The molecule has 0 radical (unpaired) electrons. The number of fused-ring (bicyclic) bond motifs is 1. The molecule has 0 amide bonds. The summed E-state index contributed by atoms with van der Waals surface area (Å²) < 4.78 is 3.33. The predicted molar refractivity (Wildman–Crippen MR) is 118 cm³/mol. The highest BCUT2D eigenvalue weighted by molar-refractivity contribution is 5.73. The number of aromatic nitrogens is 7. The van der Waals surface area contributed by atoms with Gasteiger partial charge in [-0.05, 0) is 29.2 Å². The van der Waals surface area contributed by atoms with Crippen LogP contribution in [0, 0.1) is 0 Å². The summed E-state index contributed by atoms with van der Waals surface area (Å²) in [5.74, 6) is 0.957. The summed E-state index contributed by atoms with van der Waals surface area (Å²) in [7, 11) is 0. The number of hydrogen-bond acceptors (Lipinski definition) is 5. The van der Waals surface area contributed by atoms with Crippen molar-refractivity contribution in [2.45, 2.75) is 26.3 Å². The molecule has 0 atom stereocenters. The average Bonchev–Trinajstić information content (AvgIpc) is 3.43. The van der Waals surface area contributed by atoms with Crippen LogP contribution in [0.2, 0.25) is 0 Å². The van der Waals surface area contributed by atoms with Crippen molar-refractivity contribution in [3.8, 4) is 17.1 Å². The first-order valence-electron chi connectivity index (χ1n) is 10.1. The van der Waals surface area contributed by atoms with E-state index in [2.05, 4.69) is 40.2 Å². The Balaban J connectivity index is 1.53. The molecule has 0 aliphatic heterocycles. The molecule has 2 aromatic carbocycles. The summed E-state index contributed by atoms with van der Waals surface area (Å²) in [6.07, 6.45) is 5.10. The number of nitrogens with zero attached hydrogens (tertiary/aromatic N) is 6. The summed E-state index contributed by atoms with van der Waals surface area (Å²) in [5, 5.41) is 7.82. The summed E-state index contributed by atoms with van der Waals surface area (Å²) >= 11 is 0. The fraction of sp³-hybridized carbons (Fsp3) is 0.174. The Kier molecular flexibility index (Phi) is 4.66. The van der Waals surface area contributed by atoms with Gasteiger partial charge in [0.05, 0.1) is 30.8 Å². The van der Waals surface area contributed by atoms with Crippen molar-refractivity contribution in [2.24, 2.45) is 0 Å². The van der Waals surface area contributed by atoms with Crippen molar-refractivity contribution in [2.75, 3.05) is 0 Å². The van der Waals surface area contributed by atoms with Crippen LogP contribution in [0.5, 0.6) is 0 Å². The van der Waals surface area contributed by atoms with E-state index in [4.69, 9.17) is 4.98 Å². The lowest BCUT2D eigenvalue weighted by Crippen LogP contribution is -2.17. The van der Waals surface area contributed by atoms with E-state index in [0.29, 0.717) is 29.5 Å². The van der Waals surface area contributed by atoms with Crippen molar-refractivity contribution < 1.29 is 0 Å². The first-order chi connectivity index (χ1) is 15.1. The Morgan fingerprint density at radius 2 is 1.87 bits per heavy atom. The number of benzene rings is 2. The molecule has 3 aromatic heterocycles. The number of H-pyrrole nitrogens is 1. The van der Waals surface area contributed by atoms with E-state index >= 15 is 0 Å². The molecule has 0 fully saturated rings. The summed E-state index contributed by atoms with van der Waals surface area (Å²) in [5.41, 5.74) is 5.05. The largest absolute Gasteiger partial charge is 0.328 e. The first-order valence-corrected chi connectivity index (χ1v) is 10.1. The van der Waals surface area contributed by atoms with E-state index < -0.39 is 0 Å². The third-order valence-corrected chi connectivity index (χ3v) is 5.30. The molecule has 0 aliphatic rings. The molecule has 5 rings (SSSR count). The zero-order chi connectivity index (χ0) is 21.4. The van der Waals surface area contributed by atoms with Gasteiger partial charge in [0.25, 0.3) is 0 Å². The smallest absolute Gasteiger partial charge is 0.303 e. The van der Waals surface area contributed by atoms with Crippen molar-refractivity contribution in [3.05, 3.63) is 88.7 Å². The van der Waals surface area contributed by atoms with Gasteiger partial charge in [0.15, 0.2) is 11.5 Å². The van der Waals surface area contributed by atoms with Gasteiger partial charge in [-0.1, -0.05) is 55.5 Å². The lowest BCUT2D eigenvalue weighted by Gasteiger charge is -2.11. The van der Waals surface area contributed by atoms with Crippen LogP contribution in [-0.4, -0.2) is 34.5 Å². The van der Waals surface area contributed by atoms with Crippen LogP contribution in [0.3, 0.4) is 0 Å². The quantitative estimate of drug-likeness (QED) is 0.477. The Morgan fingerprint density at radius 1 is 1.06 bits per heavy atom. The van der Waals surface area contributed by atoms with E-state index in [0.717, 1.165) is 16.8 Å². The third kappa shape index (κ3) is 3.52. The number of aromatic amines is 1. The highest BCUT2D eigenvalue weighted by Gasteiger charge is 2.14. The van der Waals surface area contributed by atoms with Crippen molar-refractivity contribution >= 4 is 11.2 Å². The second-order valence-corrected chi connectivity index (χ2v) is 7.70. The maximum atomic E-state index is 12.6. The van der Waals surface area contributed by atoms with E-state index in [9.17, 15) is 4.79 Å². The SMILES string of the molecule is CC(C)c1ccccc1-c1ncc2[nH]c(=O)n(Cc3ccc(-n4ccnn4)cc3)c2n1. The minimum Gasteiger partial charge on any atom is -0.303 e. The summed E-state index contributed by atoms with van der Waals surface area (Å²) in [6.45, 7) is 4.69. The number of rotatable bonds is 5. The predicted octanol–water partition coefficient (Wildman–Crippen LogP) is 3.54. The van der Waals surface area contributed by atoms with Crippen LogP contribution >= 0.6 is 0 Å². The maximum Gasteiger partial charge on any atom is 0.328 e. The van der Waals surface area contributed by atoms with Crippen LogP contribution < -0.4 is 5.69 Å². The lowest BCUT2D eigenvalue weighted by molar-refractivity contribution is 0.773. The minimum atomic E-state index is -0.209. The standard InChI is InChI=1S/C23H21N7O/c1-15(2)18-5-3-4-6-19(18)21-24-13-20-22(27-21)29(23(31)26-20)14-16-7-9-17(10-8-16)30-12-11-25-28-30/h3-13,15H,14H2,1-2H3,(H,26,31). The van der Waals surface area contributed by atoms with Crippen molar-refractivity contribution in [1.82, 2.24) is 34.5 Å². The number of nitrogens with one attached hydrogen (secondary N) is 1. The van der Waals surface area contributed by atoms with Crippen LogP contribution in [-0.2, 0) is 6.54 Å². The summed E-state index contributed by atoms with van der Waals surface area (Å²) in [6, 6.07) is 16.0. The average molecular weight is 411 g/mol. The fourth-order valence-electron chi connectivity index (χ4n) is 3.71. The second-order valence-electron chi connectivity index (χ2n) is 7.70. The van der Waals surface area contributed by atoms with Gasteiger partial charge in [-0.2, -0.15) is 0 Å². The second kappa shape index (κ2) is 7.64. The Labute approximate surface area is 178 Å². The maximum absolute atomic E-state index is 12.6. The van der Waals surface area contributed by atoms with Gasteiger partial charge >= 0.3 is 5.69 Å². The van der Waals surface area contributed by atoms with Crippen LogP contribution in [0.15, 0.2) is 71.9 Å². The monoisotopic (exact) mass is 411 g/mol. The third-order valence-electron chi connectivity index (χ3n) is 5.30. The molecule has 3 heterocycles. The normalized spacial score (nSPS) is 11.5. The molecule has 0 unspecified atom stereocenters. The summed E-state index contributed by atoms with van der Waals surface area (Å²) in [4.78, 5) is 24.8. The molecule has 0 saturated heterocycles. The molecule has 154 valence electrons. The Bertz CT molecular complexity index is 1400. The zero-order valence-corrected chi connectivity index (χ0v) is 17.2. The number of imidazole rings is 1. The Hall–Kier alpha value is -4.07. The molecule has 31 heavy (non-hydrogen) atoms. The van der Waals surface area contributed by atoms with Gasteiger partial charge in [-0.15, -0.1) is 5.10 Å².